The summed E-state index contributed by atoms with van der Waals surface area (Å²) in [6.45, 7) is 5.70. The third kappa shape index (κ3) is 8.64. The fourth-order valence-electron chi connectivity index (χ4n) is 1.73. The number of rotatable bonds is 6. The smallest absolute Gasteiger partial charge is 0.407 e. The minimum Gasteiger partial charge on any atom is -0.444 e. The largest absolute Gasteiger partial charge is 0.444 e. The number of nitrogens with two attached hydrogens (primary N) is 1. The highest BCUT2D eigenvalue weighted by Crippen LogP contribution is 2.06. The molecule has 0 radical (unpaired) electrons. The van der Waals surface area contributed by atoms with Gasteiger partial charge in [-0.2, -0.15) is 0 Å². The van der Waals surface area contributed by atoms with E-state index in [-0.39, 0.29) is 18.2 Å². The van der Waals surface area contributed by atoms with Crippen molar-refractivity contribution in [3.63, 3.8) is 0 Å². The van der Waals surface area contributed by atoms with Gasteiger partial charge in [-0.05, 0) is 32.8 Å². The number of carbonyl (C=O) groups is 2. The van der Waals surface area contributed by atoms with Crippen molar-refractivity contribution >= 4 is 24.3 Å². The average Bonchev–Trinajstić information content (AvgIpc) is 2.37. The number of carbonyl (C=O) groups excluding carboxylic acids is 2. The molecule has 5 nitrogen and oxygen atoms in total. The number of Topliss-reactive ketones (excluding diaryl/α,β-unsaturated/α-hetero) is 1. The molecule has 1 aromatic rings. The second-order valence-electron chi connectivity index (χ2n) is 5.95. The third-order valence-electron chi connectivity index (χ3n) is 2.76. The van der Waals surface area contributed by atoms with Crippen LogP contribution in [0.1, 0.15) is 32.8 Å². The van der Waals surface area contributed by atoms with Crippen LogP contribution >= 0.6 is 12.4 Å². The highest BCUT2D eigenvalue weighted by atomic mass is 35.5. The molecule has 0 heterocycles. The first-order chi connectivity index (χ1) is 9.78. The van der Waals surface area contributed by atoms with Gasteiger partial charge in [-0.3, -0.25) is 4.79 Å². The van der Waals surface area contributed by atoms with Crippen molar-refractivity contribution in [3.05, 3.63) is 35.9 Å². The number of amides is 1. The lowest BCUT2D eigenvalue weighted by Gasteiger charge is -2.20. The Morgan fingerprint density at radius 3 is 2.36 bits per heavy atom. The first-order valence-corrected chi connectivity index (χ1v) is 7.07. The Bertz CT molecular complexity index is 472. The summed E-state index contributed by atoms with van der Waals surface area (Å²) in [5, 5.41) is 2.60. The van der Waals surface area contributed by atoms with Gasteiger partial charge in [0.25, 0.3) is 0 Å². The number of hydrogen-bond donors (Lipinski definition) is 2. The molecule has 6 heteroatoms. The van der Waals surface area contributed by atoms with E-state index in [1.54, 1.807) is 20.8 Å². The lowest BCUT2D eigenvalue weighted by molar-refractivity contribution is -0.119. The second-order valence-corrected chi connectivity index (χ2v) is 5.95. The van der Waals surface area contributed by atoms with E-state index >= 15 is 0 Å². The molecule has 1 rings (SSSR count). The number of ether oxygens (including phenoxy) is 1. The maximum atomic E-state index is 11.9. The molecule has 0 aliphatic carbocycles. The molecule has 0 aliphatic heterocycles. The van der Waals surface area contributed by atoms with Gasteiger partial charge in [0.05, 0.1) is 6.04 Å². The maximum Gasteiger partial charge on any atom is 0.407 e. The molecule has 1 aromatic carbocycles. The first-order valence-electron chi connectivity index (χ1n) is 7.07. The van der Waals surface area contributed by atoms with E-state index in [1.165, 1.54) is 0 Å². The van der Waals surface area contributed by atoms with Crippen molar-refractivity contribution in [3.8, 4) is 0 Å². The quantitative estimate of drug-likeness (QED) is 0.840. The molecule has 0 aromatic heterocycles. The molecule has 0 bridgehead atoms. The van der Waals surface area contributed by atoms with Gasteiger partial charge in [0, 0.05) is 13.0 Å². The zero-order chi connectivity index (χ0) is 15.9. The zero-order valence-corrected chi connectivity index (χ0v) is 14.1. The van der Waals surface area contributed by atoms with E-state index < -0.39 is 17.7 Å². The van der Waals surface area contributed by atoms with Crippen molar-refractivity contribution < 1.29 is 14.3 Å². The van der Waals surface area contributed by atoms with E-state index in [0.717, 1.165) is 5.56 Å². The number of alkyl carbamates (subject to hydrolysis) is 1. The predicted molar refractivity (Wildman–Crippen MR) is 89.2 cm³/mol. The van der Waals surface area contributed by atoms with Crippen LogP contribution in [0.15, 0.2) is 30.3 Å². The molecular weight excluding hydrogens is 304 g/mol. The van der Waals surface area contributed by atoms with E-state index in [2.05, 4.69) is 5.32 Å². The summed E-state index contributed by atoms with van der Waals surface area (Å²) in [6, 6.07) is 8.88. The first kappa shape index (κ1) is 20.4. The van der Waals surface area contributed by atoms with Gasteiger partial charge in [-0.1, -0.05) is 30.3 Å². The number of hydrogen-bond acceptors (Lipinski definition) is 4. The van der Waals surface area contributed by atoms with Crippen molar-refractivity contribution in [2.45, 2.75) is 45.3 Å². The van der Waals surface area contributed by atoms with Gasteiger partial charge >= 0.3 is 6.09 Å². The molecule has 0 saturated carbocycles. The molecule has 0 saturated heterocycles. The number of benzene rings is 1. The summed E-state index contributed by atoms with van der Waals surface area (Å²) in [5.41, 5.74) is 6.25. The van der Waals surface area contributed by atoms with Gasteiger partial charge in [0.1, 0.15) is 5.60 Å². The van der Waals surface area contributed by atoms with Crippen LogP contribution in [-0.4, -0.2) is 30.1 Å². The molecular formula is C16H25ClN2O3. The highest BCUT2D eigenvalue weighted by Gasteiger charge is 2.17. The maximum absolute atomic E-state index is 11.9. The fraction of sp³-hybridized carbons (Fsp3) is 0.500. The van der Waals surface area contributed by atoms with Crippen LogP contribution in [0.3, 0.4) is 0 Å². The van der Waals surface area contributed by atoms with Crippen molar-refractivity contribution in [2.75, 3.05) is 6.54 Å². The van der Waals surface area contributed by atoms with E-state index in [4.69, 9.17) is 10.5 Å². The summed E-state index contributed by atoms with van der Waals surface area (Å²) in [6.07, 6.45) is 0.213. The standard InChI is InChI=1S/C16H24N2O3.ClH/c1-16(2,3)21-15(20)18-10-9-13(17)14(19)11-12-7-5-4-6-8-12;/h4-8,13H,9-11,17H2,1-3H3,(H,18,20);1H. The van der Waals surface area contributed by atoms with Crippen LogP contribution in [0.2, 0.25) is 0 Å². The van der Waals surface area contributed by atoms with Crippen LogP contribution in [0, 0.1) is 0 Å². The Morgan fingerprint density at radius 1 is 1.23 bits per heavy atom. The van der Waals surface area contributed by atoms with Crippen LogP contribution in [0.25, 0.3) is 0 Å². The predicted octanol–water partition coefficient (Wildman–Crippen LogP) is 2.46. The van der Waals surface area contributed by atoms with Gasteiger partial charge < -0.3 is 15.8 Å². The van der Waals surface area contributed by atoms with Crippen molar-refractivity contribution in [1.82, 2.24) is 5.32 Å². The molecule has 3 N–H and O–H groups in total. The summed E-state index contributed by atoms with van der Waals surface area (Å²) in [5.74, 6) is -0.0350. The van der Waals surface area contributed by atoms with Gasteiger partial charge in [-0.15, -0.1) is 12.4 Å². The number of nitrogens with one attached hydrogen (secondary N) is 1. The van der Waals surface area contributed by atoms with Crippen LogP contribution in [-0.2, 0) is 16.0 Å². The summed E-state index contributed by atoms with van der Waals surface area (Å²) in [7, 11) is 0. The molecule has 0 fully saturated rings. The lowest BCUT2D eigenvalue weighted by Crippen LogP contribution is -2.38. The van der Waals surface area contributed by atoms with E-state index in [9.17, 15) is 9.59 Å². The Kier molecular flexibility index (Phi) is 8.75. The number of ketones is 1. The molecule has 22 heavy (non-hydrogen) atoms. The van der Waals surface area contributed by atoms with Crippen LogP contribution < -0.4 is 11.1 Å². The van der Waals surface area contributed by atoms with Gasteiger partial charge in [0.2, 0.25) is 0 Å². The fourth-order valence-corrected chi connectivity index (χ4v) is 1.73. The summed E-state index contributed by atoms with van der Waals surface area (Å²) >= 11 is 0. The van der Waals surface area contributed by atoms with Crippen molar-refractivity contribution in [2.24, 2.45) is 5.73 Å². The Balaban J connectivity index is 0.00000441. The topological polar surface area (TPSA) is 81.4 Å². The lowest BCUT2D eigenvalue weighted by atomic mass is 10.0. The normalized spacial score (nSPS) is 12.0. The van der Waals surface area contributed by atoms with Gasteiger partial charge in [0.15, 0.2) is 5.78 Å². The number of halogens is 1. The summed E-state index contributed by atoms with van der Waals surface area (Å²) < 4.78 is 5.10. The molecule has 0 spiro atoms. The van der Waals surface area contributed by atoms with Crippen LogP contribution in [0.4, 0.5) is 4.79 Å². The zero-order valence-electron chi connectivity index (χ0n) is 13.3. The monoisotopic (exact) mass is 328 g/mol. The van der Waals surface area contributed by atoms with E-state index in [0.29, 0.717) is 19.4 Å². The Morgan fingerprint density at radius 2 is 1.82 bits per heavy atom. The Hall–Kier alpha value is -1.59. The van der Waals surface area contributed by atoms with E-state index in [1.807, 2.05) is 30.3 Å². The third-order valence-corrected chi connectivity index (χ3v) is 2.76. The Labute approximate surface area is 138 Å². The average molecular weight is 329 g/mol. The minimum atomic E-state index is -0.583. The molecule has 1 unspecified atom stereocenters. The van der Waals surface area contributed by atoms with Crippen LogP contribution in [0.5, 0.6) is 0 Å². The molecule has 0 aliphatic rings. The SMILES string of the molecule is CC(C)(C)OC(=O)NCCC(N)C(=O)Cc1ccccc1.Cl. The van der Waals surface area contributed by atoms with Crippen molar-refractivity contribution in [1.29, 1.82) is 0 Å². The summed E-state index contributed by atoms with van der Waals surface area (Å²) in [4.78, 5) is 23.4. The molecule has 124 valence electrons. The highest BCUT2D eigenvalue weighted by molar-refractivity contribution is 5.86. The second kappa shape index (κ2) is 9.43. The molecule has 1 atom stereocenters. The minimum absolute atomic E-state index is 0. The van der Waals surface area contributed by atoms with Gasteiger partial charge in [-0.25, -0.2) is 4.79 Å². The molecule has 1 amide bonds.